The molecule has 0 aliphatic heterocycles. The summed E-state index contributed by atoms with van der Waals surface area (Å²) in [6.07, 6.45) is 1.67. The van der Waals surface area contributed by atoms with Gasteiger partial charge in [-0.2, -0.15) is 5.10 Å². The fourth-order valence-corrected chi connectivity index (χ4v) is 4.45. The molecule has 7 heteroatoms. The number of carbonyl (C=O) groups excluding carboxylic acids is 1. The van der Waals surface area contributed by atoms with Crippen LogP contribution in [0.5, 0.6) is 0 Å². The summed E-state index contributed by atoms with van der Waals surface area (Å²) in [5.41, 5.74) is 5.60. The van der Waals surface area contributed by atoms with Gasteiger partial charge in [0.15, 0.2) is 0 Å². The van der Waals surface area contributed by atoms with Crippen molar-refractivity contribution < 1.29 is 4.79 Å². The van der Waals surface area contributed by atoms with Crippen molar-refractivity contribution in [1.29, 1.82) is 0 Å². The van der Waals surface area contributed by atoms with Crippen LogP contribution >= 0.6 is 11.6 Å². The minimum absolute atomic E-state index is 0.0391. The molecule has 1 atom stereocenters. The summed E-state index contributed by atoms with van der Waals surface area (Å²) in [5.74, 6) is -0.165. The van der Waals surface area contributed by atoms with Crippen molar-refractivity contribution in [2.24, 2.45) is 0 Å². The first-order valence-electron chi connectivity index (χ1n) is 11.4. The Balaban J connectivity index is 1.33. The topological polar surface area (TPSA) is 82.7 Å². The van der Waals surface area contributed by atoms with Crippen LogP contribution in [0.25, 0.3) is 22.2 Å². The third-order valence-corrected chi connectivity index (χ3v) is 6.20. The average Bonchev–Trinajstić information content (AvgIpc) is 3.29. The minimum Gasteiger partial charge on any atom is -0.384 e. The normalized spacial score (nSPS) is 11.8. The number of halogens is 1. The fourth-order valence-electron chi connectivity index (χ4n) is 4.13. The van der Waals surface area contributed by atoms with Crippen LogP contribution in [0.3, 0.4) is 0 Å². The summed E-state index contributed by atoms with van der Waals surface area (Å²) >= 11 is 6.47. The molecule has 3 N–H and O–H groups in total. The van der Waals surface area contributed by atoms with Crippen LogP contribution in [0.15, 0.2) is 91.1 Å². The van der Waals surface area contributed by atoms with Crippen molar-refractivity contribution in [3.63, 3.8) is 0 Å². The van der Waals surface area contributed by atoms with E-state index in [-0.39, 0.29) is 11.8 Å². The molecule has 35 heavy (non-hydrogen) atoms. The number of H-pyrrole nitrogens is 1. The summed E-state index contributed by atoms with van der Waals surface area (Å²) < 4.78 is 0. The second-order valence-electron chi connectivity index (χ2n) is 8.36. The fraction of sp³-hybridized carbons (Fsp3) is 0.107. The number of pyridine rings is 1. The number of anilines is 2. The summed E-state index contributed by atoms with van der Waals surface area (Å²) in [7, 11) is 0. The summed E-state index contributed by atoms with van der Waals surface area (Å²) in [6.45, 7) is 2.65. The molecule has 174 valence electrons. The predicted octanol–water partition coefficient (Wildman–Crippen LogP) is 6.75. The number of carbonyl (C=O) groups is 1. The molecule has 0 aliphatic carbocycles. The van der Waals surface area contributed by atoms with Gasteiger partial charge in [-0.25, -0.2) is 0 Å². The SMILES string of the molecule is CC(CNc1ccccc1C(=O)Nc1cnc2ccccc2c1)c1c(-c2ccccc2)n[nH]c1Cl. The lowest BCUT2D eigenvalue weighted by Crippen LogP contribution is -2.17. The standard InChI is InChI=1S/C28H24ClN5O/c1-18(25-26(33-34-27(25)29)19-9-3-2-4-10-19)16-30-24-14-8-6-12-22(24)28(35)32-21-15-20-11-5-7-13-23(20)31-17-21/h2-15,17-18,30H,16H2,1H3,(H,32,35)(H,33,34). The molecule has 1 amide bonds. The Bertz CT molecular complexity index is 1480. The Morgan fingerprint density at radius 3 is 2.60 bits per heavy atom. The Kier molecular flexibility index (Phi) is 6.46. The number of nitrogens with zero attached hydrogens (tertiary/aromatic N) is 2. The monoisotopic (exact) mass is 481 g/mol. The number of hydrogen-bond donors (Lipinski definition) is 3. The molecule has 0 radical (unpaired) electrons. The second-order valence-corrected chi connectivity index (χ2v) is 8.74. The van der Waals surface area contributed by atoms with E-state index in [1.165, 1.54) is 0 Å². The zero-order valence-electron chi connectivity index (χ0n) is 19.1. The smallest absolute Gasteiger partial charge is 0.257 e. The molecule has 3 aromatic carbocycles. The molecule has 0 saturated heterocycles. The van der Waals surface area contributed by atoms with E-state index < -0.39 is 0 Å². The molecular weight excluding hydrogens is 458 g/mol. The van der Waals surface area contributed by atoms with E-state index in [4.69, 9.17) is 11.6 Å². The Morgan fingerprint density at radius 1 is 1.00 bits per heavy atom. The van der Waals surface area contributed by atoms with Crippen molar-refractivity contribution in [2.75, 3.05) is 17.2 Å². The predicted molar refractivity (Wildman–Crippen MR) is 142 cm³/mol. The summed E-state index contributed by atoms with van der Waals surface area (Å²) in [6, 6.07) is 27.1. The average molecular weight is 482 g/mol. The first-order chi connectivity index (χ1) is 17.1. The van der Waals surface area contributed by atoms with Crippen molar-refractivity contribution in [3.8, 4) is 11.3 Å². The van der Waals surface area contributed by atoms with Crippen LogP contribution in [0.4, 0.5) is 11.4 Å². The van der Waals surface area contributed by atoms with E-state index in [9.17, 15) is 4.79 Å². The summed E-state index contributed by atoms with van der Waals surface area (Å²) in [4.78, 5) is 17.6. The minimum atomic E-state index is -0.204. The molecule has 0 fully saturated rings. The highest BCUT2D eigenvalue weighted by Crippen LogP contribution is 2.33. The van der Waals surface area contributed by atoms with Crippen LogP contribution in [-0.4, -0.2) is 27.6 Å². The molecule has 2 heterocycles. The molecule has 0 saturated carbocycles. The maximum atomic E-state index is 13.1. The first kappa shape index (κ1) is 22.6. The number of rotatable bonds is 7. The lowest BCUT2D eigenvalue weighted by molar-refractivity contribution is 0.102. The van der Waals surface area contributed by atoms with Gasteiger partial charge in [0.25, 0.3) is 5.91 Å². The van der Waals surface area contributed by atoms with E-state index in [1.807, 2.05) is 78.9 Å². The zero-order chi connectivity index (χ0) is 24.2. The van der Waals surface area contributed by atoms with Crippen LogP contribution in [0, 0.1) is 0 Å². The largest absolute Gasteiger partial charge is 0.384 e. The summed E-state index contributed by atoms with van der Waals surface area (Å²) in [5, 5.41) is 15.2. The number of hydrogen-bond acceptors (Lipinski definition) is 4. The molecule has 5 rings (SSSR count). The van der Waals surface area contributed by atoms with Crippen LogP contribution in [0.2, 0.25) is 5.15 Å². The molecule has 0 bridgehead atoms. The van der Waals surface area contributed by atoms with Gasteiger partial charge >= 0.3 is 0 Å². The number of nitrogens with one attached hydrogen (secondary N) is 3. The highest BCUT2D eigenvalue weighted by molar-refractivity contribution is 6.30. The lowest BCUT2D eigenvalue weighted by Gasteiger charge is -2.17. The van der Waals surface area contributed by atoms with E-state index in [2.05, 4.69) is 32.7 Å². The number of para-hydroxylation sites is 2. The molecule has 6 nitrogen and oxygen atoms in total. The molecule has 2 aromatic heterocycles. The van der Waals surface area contributed by atoms with Gasteiger partial charge in [-0.05, 0) is 24.3 Å². The molecular formula is C28H24ClN5O. The third kappa shape index (κ3) is 4.88. The van der Waals surface area contributed by atoms with Gasteiger partial charge in [0.2, 0.25) is 0 Å². The Morgan fingerprint density at radius 2 is 1.74 bits per heavy atom. The van der Waals surface area contributed by atoms with Crippen molar-refractivity contribution in [3.05, 3.63) is 107 Å². The zero-order valence-corrected chi connectivity index (χ0v) is 19.9. The number of aromatic amines is 1. The number of fused-ring (bicyclic) bond motifs is 1. The van der Waals surface area contributed by atoms with Crippen LogP contribution in [-0.2, 0) is 0 Å². The van der Waals surface area contributed by atoms with Gasteiger partial charge < -0.3 is 10.6 Å². The number of amides is 1. The first-order valence-corrected chi connectivity index (χ1v) is 11.8. The number of benzene rings is 3. The number of aromatic nitrogens is 3. The third-order valence-electron chi connectivity index (χ3n) is 5.92. The van der Waals surface area contributed by atoms with Gasteiger partial charge in [-0.3, -0.25) is 14.9 Å². The second kappa shape index (κ2) is 9.99. The highest BCUT2D eigenvalue weighted by atomic mass is 35.5. The van der Waals surface area contributed by atoms with Gasteiger partial charge in [0.05, 0.1) is 28.7 Å². The molecule has 5 aromatic rings. The Labute approximate surface area is 208 Å². The van der Waals surface area contributed by atoms with Crippen LogP contribution < -0.4 is 10.6 Å². The van der Waals surface area contributed by atoms with Gasteiger partial charge in [0, 0.05) is 34.7 Å². The van der Waals surface area contributed by atoms with E-state index in [0.29, 0.717) is 22.9 Å². The van der Waals surface area contributed by atoms with E-state index in [0.717, 1.165) is 33.4 Å². The quantitative estimate of drug-likeness (QED) is 0.240. The highest BCUT2D eigenvalue weighted by Gasteiger charge is 2.20. The van der Waals surface area contributed by atoms with E-state index in [1.54, 1.807) is 12.3 Å². The van der Waals surface area contributed by atoms with Gasteiger partial charge in [0.1, 0.15) is 5.15 Å². The van der Waals surface area contributed by atoms with Crippen molar-refractivity contribution in [2.45, 2.75) is 12.8 Å². The Hall–Kier alpha value is -4.16. The van der Waals surface area contributed by atoms with E-state index >= 15 is 0 Å². The lowest BCUT2D eigenvalue weighted by atomic mass is 9.97. The van der Waals surface area contributed by atoms with Crippen LogP contribution in [0.1, 0.15) is 28.8 Å². The molecule has 1 unspecified atom stereocenters. The molecule has 0 spiro atoms. The van der Waals surface area contributed by atoms with Crippen molar-refractivity contribution >= 4 is 39.8 Å². The van der Waals surface area contributed by atoms with Crippen molar-refractivity contribution in [1.82, 2.24) is 15.2 Å². The maximum Gasteiger partial charge on any atom is 0.257 e. The van der Waals surface area contributed by atoms with Gasteiger partial charge in [-0.15, -0.1) is 0 Å². The maximum absolute atomic E-state index is 13.1. The molecule has 0 aliphatic rings. The van der Waals surface area contributed by atoms with Gasteiger partial charge in [-0.1, -0.05) is 79.2 Å².